The molecule has 2 fully saturated rings. The maximum Gasteiger partial charge on any atom is 0.231 e. The SMILES string of the molecule is CC1OCCC1CNc1nc(N)nc(N2CCCC2)n1. The number of ether oxygens (including phenoxy) is 1. The van der Waals surface area contributed by atoms with E-state index in [4.69, 9.17) is 10.5 Å². The number of rotatable bonds is 4. The van der Waals surface area contributed by atoms with E-state index >= 15 is 0 Å². The largest absolute Gasteiger partial charge is 0.378 e. The fraction of sp³-hybridized carbons (Fsp3) is 0.769. The van der Waals surface area contributed by atoms with Crippen LogP contribution in [0.25, 0.3) is 0 Å². The minimum absolute atomic E-state index is 0.278. The van der Waals surface area contributed by atoms with Crippen LogP contribution in [-0.4, -0.2) is 47.3 Å². The van der Waals surface area contributed by atoms with Crippen LogP contribution in [0.15, 0.2) is 0 Å². The standard InChI is InChI=1S/C13H22N6O/c1-9-10(4-7-20-9)8-15-12-16-11(14)17-13(18-12)19-5-2-3-6-19/h9-10H,2-8H2,1H3,(H3,14,15,16,17,18). The normalized spacial score (nSPS) is 26.1. The minimum atomic E-state index is 0.278. The summed E-state index contributed by atoms with van der Waals surface area (Å²) in [6.07, 6.45) is 3.74. The van der Waals surface area contributed by atoms with Gasteiger partial charge in [0.25, 0.3) is 0 Å². The van der Waals surface area contributed by atoms with Crippen molar-refractivity contribution in [3.63, 3.8) is 0 Å². The van der Waals surface area contributed by atoms with Gasteiger partial charge in [-0.1, -0.05) is 0 Å². The Bertz CT molecular complexity index is 462. The molecule has 2 saturated heterocycles. The average molecular weight is 278 g/mol. The molecule has 2 atom stereocenters. The number of hydrogen-bond donors (Lipinski definition) is 2. The van der Waals surface area contributed by atoms with E-state index in [-0.39, 0.29) is 5.95 Å². The van der Waals surface area contributed by atoms with Crippen molar-refractivity contribution in [2.45, 2.75) is 32.3 Å². The number of nitrogens with two attached hydrogens (primary N) is 1. The fourth-order valence-electron chi connectivity index (χ4n) is 2.78. The molecule has 0 bridgehead atoms. The first kappa shape index (κ1) is 13.4. The van der Waals surface area contributed by atoms with E-state index in [1.54, 1.807) is 0 Å². The van der Waals surface area contributed by atoms with Gasteiger partial charge in [0.1, 0.15) is 0 Å². The average Bonchev–Trinajstić information content (AvgIpc) is 3.07. The molecule has 0 spiro atoms. The van der Waals surface area contributed by atoms with Crippen LogP contribution in [0.5, 0.6) is 0 Å². The van der Waals surface area contributed by atoms with Crippen molar-refractivity contribution in [2.24, 2.45) is 5.92 Å². The number of hydrogen-bond acceptors (Lipinski definition) is 7. The van der Waals surface area contributed by atoms with Gasteiger partial charge < -0.3 is 20.7 Å². The van der Waals surface area contributed by atoms with E-state index in [1.165, 1.54) is 12.8 Å². The second kappa shape index (κ2) is 5.78. The first-order valence-corrected chi connectivity index (χ1v) is 7.34. The number of nitrogens with one attached hydrogen (secondary N) is 1. The molecule has 1 aromatic heterocycles. The summed E-state index contributed by atoms with van der Waals surface area (Å²) in [6.45, 7) is 5.75. The molecule has 2 aliphatic heterocycles. The molecule has 1 aromatic rings. The molecule has 2 unspecified atom stereocenters. The maximum absolute atomic E-state index is 5.78. The molecule has 0 aromatic carbocycles. The summed E-state index contributed by atoms with van der Waals surface area (Å²) in [6, 6.07) is 0. The van der Waals surface area contributed by atoms with Gasteiger partial charge in [0.05, 0.1) is 6.10 Å². The quantitative estimate of drug-likeness (QED) is 0.845. The number of nitrogens with zero attached hydrogens (tertiary/aromatic N) is 4. The van der Waals surface area contributed by atoms with Crippen LogP contribution in [0.1, 0.15) is 26.2 Å². The summed E-state index contributed by atoms with van der Waals surface area (Å²) in [4.78, 5) is 15.0. The Hall–Kier alpha value is -1.63. The Kier molecular flexibility index (Phi) is 3.86. The third kappa shape index (κ3) is 2.92. The van der Waals surface area contributed by atoms with Crippen LogP contribution < -0.4 is 16.0 Å². The molecule has 7 heteroatoms. The lowest BCUT2D eigenvalue weighted by Crippen LogP contribution is -2.24. The summed E-state index contributed by atoms with van der Waals surface area (Å²) < 4.78 is 5.56. The molecule has 2 aliphatic rings. The molecular formula is C13H22N6O. The highest BCUT2D eigenvalue weighted by molar-refractivity contribution is 5.42. The van der Waals surface area contributed by atoms with Crippen LogP contribution in [0, 0.1) is 5.92 Å². The maximum atomic E-state index is 5.78. The first-order valence-electron chi connectivity index (χ1n) is 7.34. The summed E-state index contributed by atoms with van der Waals surface area (Å²) in [5.41, 5.74) is 5.78. The van der Waals surface area contributed by atoms with E-state index in [0.29, 0.717) is 23.9 Å². The van der Waals surface area contributed by atoms with Gasteiger partial charge in [0.15, 0.2) is 0 Å². The van der Waals surface area contributed by atoms with Gasteiger partial charge in [-0.05, 0) is 26.2 Å². The predicted octanol–water partition coefficient (Wildman–Crippen LogP) is 0.891. The van der Waals surface area contributed by atoms with Gasteiger partial charge in [-0.15, -0.1) is 0 Å². The van der Waals surface area contributed by atoms with Crippen molar-refractivity contribution in [3.8, 4) is 0 Å². The summed E-state index contributed by atoms with van der Waals surface area (Å²) in [5.74, 6) is 2.04. The van der Waals surface area contributed by atoms with Crippen molar-refractivity contribution in [3.05, 3.63) is 0 Å². The molecule has 3 heterocycles. The van der Waals surface area contributed by atoms with Gasteiger partial charge in [-0.3, -0.25) is 0 Å². The van der Waals surface area contributed by atoms with Gasteiger partial charge in [-0.25, -0.2) is 0 Å². The molecule has 0 radical (unpaired) electrons. The smallest absolute Gasteiger partial charge is 0.231 e. The van der Waals surface area contributed by atoms with Crippen LogP contribution >= 0.6 is 0 Å². The highest BCUT2D eigenvalue weighted by atomic mass is 16.5. The van der Waals surface area contributed by atoms with E-state index in [1.807, 2.05) is 0 Å². The van der Waals surface area contributed by atoms with Gasteiger partial charge in [0.2, 0.25) is 17.8 Å². The number of anilines is 3. The molecule has 0 saturated carbocycles. The molecule has 0 aliphatic carbocycles. The lowest BCUT2D eigenvalue weighted by atomic mass is 10.0. The first-order chi connectivity index (χ1) is 9.72. The second-order valence-corrected chi connectivity index (χ2v) is 5.52. The van der Waals surface area contributed by atoms with Crippen LogP contribution in [-0.2, 0) is 4.74 Å². The zero-order valence-electron chi connectivity index (χ0n) is 11.9. The monoisotopic (exact) mass is 278 g/mol. The van der Waals surface area contributed by atoms with Crippen molar-refractivity contribution in [1.29, 1.82) is 0 Å². The Morgan fingerprint density at radius 3 is 2.80 bits per heavy atom. The molecule has 3 rings (SSSR count). The van der Waals surface area contributed by atoms with E-state index in [0.717, 1.165) is 32.7 Å². The molecular weight excluding hydrogens is 256 g/mol. The van der Waals surface area contributed by atoms with Crippen molar-refractivity contribution >= 4 is 17.8 Å². The Labute approximate surface area is 118 Å². The van der Waals surface area contributed by atoms with E-state index < -0.39 is 0 Å². The van der Waals surface area contributed by atoms with Gasteiger partial charge in [0, 0.05) is 32.2 Å². The molecule has 110 valence electrons. The molecule has 20 heavy (non-hydrogen) atoms. The Morgan fingerprint density at radius 1 is 1.30 bits per heavy atom. The second-order valence-electron chi connectivity index (χ2n) is 5.52. The van der Waals surface area contributed by atoms with Crippen molar-refractivity contribution < 1.29 is 4.74 Å². The summed E-state index contributed by atoms with van der Waals surface area (Å²) in [7, 11) is 0. The van der Waals surface area contributed by atoms with Crippen molar-refractivity contribution in [2.75, 3.05) is 42.2 Å². The van der Waals surface area contributed by atoms with E-state index in [9.17, 15) is 0 Å². The van der Waals surface area contributed by atoms with Crippen LogP contribution in [0.2, 0.25) is 0 Å². The predicted molar refractivity (Wildman–Crippen MR) is 77.7 cm³/mol. The molecule has 0 amide bonds. The van der Waals surface area contributed by atoms with Crippen molar-refractivity contribution in [1.82, 2.24) is 15.0 Å². The summed E-state index contributed by atoms with van der Waals surface area (Å²) in [5, 5.41) is 3.27. The fourth-order valence-corrected chi connectivity index (χ4v) is 2.78. The van der Waals surface area contributed by atoms with Gasteiger partial charge >= 0.3 is 0 Å². The Balaban J connectivity index is 1.66. The van der Waals surface area contributed by atoms with Gasteiger partial charge in [-0.2, -0.15) is 15.0 Å². The van der Waals surface area contributed by atoms with Crippen LogP contribution in [0.4, 0.5) is 17.8 Å². The third-order valence-corrected chi connectivity index (χ3v) is 4.09. The lowest BCUT2D eigenvalue weighted by molar-refractivity contribution is 0.108. The summed E-state index contributed by atoms with van der Waals surface area (Å²) >= 11 is 0. The highest BCUT2D eigenvalue weighted by Gasteiger charge is 2.24. The lowest BCUT2D eigenvalue weighted by Gasteiger charge is -2.17. The third-order valence-electron chi connectivity index (χ3n) is 4.09. The topological polar surface area (TPSA) is 89.2 Å². The minimum Gasteiger partial charge on any atom is -0.378 e. The van der Waals surface area contributed by atoms with E-state index in [2.05, 4.69) is 32.1 Å². The molecule has 3 N–H and O–H groups in total. The zero-order valence-corrected chi connectivity index (χ0v) is 11.9. The number of nitrogen functional groups attached to an aromatic ring is 1. The molecule has 7 nitrogen and oxygen atoms in total. The number of aromatic nitrogens is 3. The zero-order chi connectivity index (χ0) is 13.9. The Morgan fingerprint density at radius 2 is 2.10 bits per heavy atom. The van der Waals surface area contributed by atoms with Crippen LogP contribution in [0.3, 0.4) is 0 Å². The highest BCUT2D eigenvalue weighted by Crippen LogP contribution is 2.21.